The molecule has 2 aromatic carbocycles. The lowest BCUT2D eigenvalue weighted by Gasteiger charge is -2.30. The minimum absolute atomic E-state index is 0.00561. The topological polar surface area (TPSA) is 163 Å². The molecule has 0 radical (unpaired) electrons. The van der Waals surface area contributed by atoms with E-state index in [1.165, 1.54) is 39.2 Å². The van der Waals surface area contributed by atoms with Gasteiger partial charge in [-0.25, -0.2) is 8.42 Å². The van der Waals surface area contributed by atoms with Gasteiger partial charge in [-0.2, -0.15) is 9.40 Å². The average Bonchev–Trinajstić information content (AvgIpc) is 3.43. The number of hydrogen-bond donors (Lipinski definition) is 2. The number of nitrogens with zero attached hydrogens (tertiary/aromatic N) is 5. The lowest BCUT2D eigenvalue weighted by atomic mass is 9.91. The van der Waals surface area contributed by atoms with Crippen molar-refractivity contribution < 1.29 is 32.3 Å². The van der Waals surface area contributed by atoms with Gasteiger partial charge < -0.3 is 25.2 Å². The second kappa shape index (κ2) is 15.0. The quantitative estimate of drug-likeness (QED) is 0.403. The maximum Gasteiger partial charge on any atom is 0.272 e. The van der Waals surface area contributed by atoms with Gasteiger partial charge >= 0.3 is 0 Å². The number of carbonyl (C=O) groups is 4. The summed E-state index contributed by atoms with van der Waals surface area (Å²) in [7, 11) is -2.37. The van der Waals surface area contributed by atoms with Crippen LogP contribution in [0.15, 0.2) is 53.4 Å². The van der Waals surface area contributed by atoms with Gasteiger partial charge in [0.15, 0.2) is 5.69 Å². The average molecular weight is 706 g/mol. The fourth-order valence-corrected chi connectivity index (χ4v) is 8.37. The van der Waals surface area contributed by atoms with Crippen molar-refractivity contribution in [2.75, 3.05) is 50.8 Å². The van der Waals surface area contributed by atoms with Gasteiger partial charge in [-0.05, 0) is 55.9 Å². The number of sulfonamides is 1. The van der Waals surface area contributed by atoms with Gasteiger partial charge in [-0.3, -0.25) is 23.9 Å². The molecular weight excluding hydrogens is 662 g/mol. The van der Waals surface area contributed by atoms with Crippen molar-refractivity contribution in [2.45, 2.75) is 56.4 Å². The predicted molar refractivity (Wildman–Crippen MR) is 184 cm³/mol. The van der Waals surface area contributed by atoms with Crippen molar-refractivity contribution in [2.24, 2.45) is 7.05 Å². The molecule has 4 amide bonds. The Morgan fingerprint density at radius 1 is 1.04 bits per heavy atom. The molecule has 15 heteroatoms. The molecule has 0 spiro atoms. The van der Waals surface area contributed by atoms with Crippen LogP contribution in [0.25, 0.3) is 0 Å². The van der Waals surface area contributed by atoms with E-state index in [0.717, 1.165) is 16.8 Å². The molecule has 0 fully saturated rings. The second-order valence-electron chi connectivity index (χ2n) is 12.9. The molecule has 6 rings (SSSR count). The first-order valence-electron chi connectivity index (χ1n) is 17.0. The molecule has 2 aliphatic heterocycles. The largest absolute Gasteiger partial charge is 0.490 e. The smallest absolute Gasteiger partial charge is 0.272 e. The van der Waals surface area contributed by atoms with E-state index >= 15 is 0 Å². The van der Waals surface area contributed by atoms with Gasteiger partial charge in [-0.1, -0.05) is 30.3 Å². The van der Waals surface area contributed by atoms with Crippen LogP contribution >= 0.6 is 0 Å². The molecule has 50 heavy (non-hydrogen) atoms. The molecule has 3 heterocycles. The fourth-order valence-electron chi connectivity index (χ4n) is 6.87. The number of anilines is 1. The molecule has 1 aliphatic carbocycles. The maximum atomic E-state index is 14.2. The van der Waals surface area contributed by atoms with Crippen molar-refractivity contribution in [1.29, 1.82) is 0 Å². The number of rotatable bonds is 5. The Bertz CT molecular complexity index is 1880. The number of ether oxygens (including phenoxy) is 1. The second-order valence-corrected chi connectivity index (χ2v) is 14.8. The number of fused-ring (bicyclic) bond motifs is 2. The van der Waals surface area contributed by atoms with Crippen LogP contribution in [0, 0.1) is 0 Å². The van der Waals surface area contributed by atoms with Gasteiger partial charge in [-0.15, -0.1) is 0 Å². The van der Waals surface area contributed by atoms with E-state index in [1.54, 1.807) is 11.7 Å². The zero-order valence-corrected chi connectivity index (χ0v) is 29.2. The molecule has 266 valence electrons. The summed E-state index contributed by atoms with van der Waals surface area (Å²) < 4.78 is 36.9. The first-order valence-corrected chi connectivity index (χ1v) is 18.4. The normalized spacial score (nSPS) is 19.6. The van der Waals surface area contributed by atoms with Crippen LogP contribution in [0.5, 0.6) is 5.75 Å². The molecular formula is C35H43N7O7S. The first-order chi connectivity index (χ1) is 24.0. The van der Waals surface area contributed by atoms with Crippen LogP contribution in [-0.4, -0.2) is 103 Å². The lowest BCUT2D eigenvalue weighted by molar-refractivity contribution is -0.136. The number of nitrogens with one attached hydrogen (secondary N) is 2. The molecule has 14 nitrogen and oxygen atoms in total. The van der Waals surface area contributed by atoms with E-state index in [0.29, 0.717) is 56.8 Å². The Morgan fingerprint density at radius 2 is 1.84 bits per heavy atom. The lowest BCUT2D eigenvalue weighted by Crippen LogP contribution is -2.46. The van der Waals surface area contributed by atoms with Gasteiger partial charge in [0.05, 0.1) is 23.7 Å². The van der Waals surface area contributed by atoms with E-state index < -0.39 is 15.9 Å². The fraction of sp³-hybridized carbons (Fsp3) is 0.457. The van der Waals surface area contributed by atoms with Crippen LogP contribution < -0.4 is 20.3 Å². The van der Waals surface area contributed by atoms with Crippen LogP contribution in [0.1, 0.15) is 53.5 Å². The molecule has 2 N–H and O–H groups in total. The molecule has 0 saturated heterocycles. The SMILES string of the molecule is CC(=O)N1CCOc2ccc(S(=O)(=O)N3CCCC(=O)N(CCc4ccccc4)CC(=O)NC4CCc5c(c(nn5C)C(=O)NCC3)C4)cc21. The summed E-state index contributed by atoms with van der Waals surface area (Å²) in [5, 5.41) is 10.4. The molecule has 1 atom stereocenters. The molecule has 0 saturated carbocycles. The summed E-state index contributed by atoms with van der Waals surface area (Å²) in [4.78, 5) is 55.7. The van der Waals surface area contributed by atoms with Gasteiger partial charge in [0.1, 0.15) is 12.4 Å². The Hall–Kier alpha value is -4.76. The van der Waals surface area contributed by atoms with Crippen LogP contribution in [-0.2, 0) is 50.7 Å². The third kappa shape index (κ3) is 7.68. The molecule has 3 aromatic rings. The highest BCUT2D eigenvalue weighted by Gasteiger charge is 2.32. The van der Waals surface area contributed by atoms with Crippen molar-refractivity contribution in [3.05, 3.63) is 71.0 Å². The minimum atomic E-state index is -4.15. The number of aromatic nitrogens is 2. The summed E-state index contributed by atoms with van der Waals surface area (Å²) in [5.41, 5.74) is 3.31. The van der Waals surface area contributed by atoms with E-state index in [-0.39, 0.29) is 73.4 Å². The number of carbonyl (C=O) groups excluding carboxylic acids is 4. The predicted octanol–water partition coefficient (Wildman–Crippen LogP) is 1.42. The summed E-state index contributed by atoms with van der Waals surface area (Å²) in [6, 6.07) is 13.9. The van der Waals surface area contributed by atoms with Crippen molar-refractivity contribution in [3.63, 3.8) is 0 Å². The van der Waals surface area contributed by atoms with Crippen molar-refractivity contribution in [3.8, 4) is 5.75 Å². The van der Waals surface area contributed by atoms with E-state index in [4.69, 9.17) is 4.74 Å². The highest BCUT2D eigenvalue weighted by atomic mass is 32.2. The standard InChI is InChI=1S/C35H43N7O7S/c1-24(43)42-19-20-49-31-13-11-27(22-30(31)42)50(47,48)41-16-6-9-33(45)40(17-14-25-7-4-3-5-8-25)23-32(44)37-26-10-12-29-28(21-26)34(38-39(29)2)35(46)36-15-18-41/h3-5,7-8,11,13,22,26H,6,9-10,12,14-21,23H2,1-2H3,(H,36,46)(H,37,44). The zero-order valence-electron chi connectivity index (χ0n) is 28.4. The monoisotopic (exact) mass is 705 g/mol. The van der Waals surface area contributed by atoms with Crippen molar-refractivity contribution >= 4 is 39.3 Å². The first kappa shape index (κ1) is 35.1. The zero-order chi connectivity index (χ0) is 35.4. The van der Waals surface area contributed by atoms with Gasteiger partial charge in [0, 0.05) is 63.9 Å². The summed E-state index contributed by atoms with van der Waals surface area (Å²) in [5.74, 6) is -0.804. The summed E-state index contributed by atoms with van der Waals surface area (Å²) in [6.45, 7) is 2.09. The van der Waals surface area contributed by atoms with Crippen LogP contribution in [0.4, 0.5) is 5.69 Å². The summed E-state index contributed by atoms with van der Waals surface area (Å²) >= 11 is 0. The van der Waals surface area contributed by atoms with Crippen LogP contribution in [0.3, 0.4) is 0 Å². The van der Waals surface area contributed by atoms with Crippen molar-refractivity contribution in [1.82, 2.24) is 29.6 Å². The van der Waals surface area contributed by atoms with E-state index in [1.807, 2.05) is 30.3 Å². The Labute approximate surface area is 291 Å². The maximum absolute atomic E-state index is 14.2. The Balaban J connectivity index is 1.28. The number of amides is 4. The highest BCUT2D eigenvalue weighted by Crippen LogP contribution is 2.35. The highest BCUT2D eigenvalue weighted by molar-refractivity contribution is 7.89. The Kier molecular flexibility index (Phi) is 10.5. The van der Waals surface area contributed by atoms with E-state index in [9.17, 15) is 27.6 Å². The minimum Gasteiger partial charge on any atom is -0.490 e. The Morgan fingerprint density at radius 3 is 2.62 bits per heavy atom. The van der Waals surface area contributed by atoms with Gasteiger partial charge in [0.25, 0.3) is 5.91 Å². The number of aryl methyl sites for hydroxylation is 1. The molecule has 1 unspecified atom stereocenters. The van der Waals surface area contributed by atoms with Gasteiger partial charge in [0.2, 0.25) is 27.7 Å². The number of hydrogen-bond acceptors (Lipinski definition) is 8. The van der Waals surface area contributed by atoms with Crippen LogP contribution in [0.2, 0.25) is 0 Å². The van der Waals surface area contributed by atoms with E-state index in [2.05, 4.69) is 15.7 Å². The third-order valence-corrected chi connectivity index (χ3v) is 11.4. The number of benzene rings is 2. The molecule has 3 aliphatic rings. The third-order valence-electron chi connectivity index (χ3n) is 9.49. The molecule has 1 aromatic heterocycles. The summed E-state index contributed by atoms with van der Waals surface area (Å²) in [6.07, 6.45) is 2.45. The molecule has 2 bridgehead atoms.